The maximum Gasteiger partial charge on any atom is 0.309 e. The third-order valence-corrected chi connectivity index (χ3v) is 5.66. The average Bonchev–Trinajstić information content (AvgIpc) is 2.51. The summed E-state index contributed by atoms with van der Waals surface area (Å²) in [6, 6.07) is 0. The van der Waals surface area contributed by atoms with Crippen molar-refractivity contribution in [1.82, 2.24) is 4.90 Å². The third-order valence-electron chi connectivity index (χ3n) is 5.66. The van der Waals surface area contributed by atoms with Crippen molar-refractivity contribution in [3.63, 3.8) is 0 Å². The van der Waals surface area contributed by atoms with Crippen LogP contribution in [-0.4, -0.2) is 30.4 Å². The number of ether oxygens (including phenoxy) is 1. The van der Waals surface area contributed by atoms with Crippen LogP contribution in [-0.2, 0) is 14.3 Å². The molecular weight excluding hydrogens is 278 g/mol. The minimum atomic E-state index is -0.100. The van der Waals surface area contributed by atoms with Crippen molar-refractivity contribution in [2.45, 2.75) is 46.0 Å². The summed E-state index contributed by atoms with van der Waals surface area (Å²) >= 11 is 0. The van der Waals surface area contributed by atoms with Crippen LogP contribution >= 0.6 is 0 Å². The molecule has 120 valence electrons. The van der Waals surface area contributed by atoms with Gasteiger partial charge in [0.1, 0.15) is 0 Å². The molecule has 1 fully saturated rings. The van der Waals surface area contributed by atoms with Gasteiger partial charge < -0.3 is 9.64 Å². The van der Waals surface area contributed by atoms with E-state index in [0.29, 0.717) is 13.0 Å². The Morgan fingerprint density at radius 3 is 2.95 bits per heavy atom. The van der Waals surface area contributed by atoms with Gasteiger partial charge in [-0.05, 0) is 38.5 Å². The van der Waals surface area contributed by atoms with Gasteiger partial charge in [0.05, 0.1) is 12.5 Å². The second kappa shape index (κ2) is 5.56. The lowest BCUT2D eigenvalue weighted by Crippen LogP contribution is -2.47. The second-order valence-electron chi connectivity index (χ2n) is 6.81. The first-order valence-corrected chi connectivity index (χ1v) is 8.33. The van der Waals surface area contributed by atoms with E-state index in [1.807, 2.05) is 18.9 Å². The summed E-state index contributed by atoms with van der Waals surface area (Å²) in [7, 11) is 1.87. The van der Waals surface area contributed by atoms with Gasteiger partial charge in [-0.3, -0.25) is 9.59 Å². The van der Waals surface area contributed by atoms with Crippen LogP contribution in [0.3, 0.4) is 0 Å². The Labute approximate surface area is 132 Å². The number of rotatable bonds is 2. The first kappa shape index (κ1) is 15.3. The SMILES string of the molecule is CCOC(=O)[C@@H]1CCC=C2[C@H]1CC=C1N(C)C(=O)CC[C@]21C. The van der Waals surface area contributed by atoms with Gasteiger partial charge in [0.15, 0.2) is 0 Å². The molecule has 0 spiro atoms. The van der Waals surface area contributed by atoms with E-state index in [0.717, 1.165) is 31.4 Å². The van der Waals surface area contributed by atoms with Crippen molar-refractivity contribution in [3.05, 3.63) is 23.4 Å². The molecule has 1 heterocycles. The number of hydrogen-bond donors (Lipinski definition) is 0. The zero-order chi connectivity index (χ0) is 15.9. The van der Waals surface area contributed by atoms with E-state index in [-0.39, 0.29) is 29.1 Å². The number of carbonyl (C=O) groups is 2. The number of fused-ring (bicyclic) bond motifs is 3. The summed E-state index contributed by atoms with van der Waals surface area (Å²) in [5.41, 5.74) is 2.38. The molecule has 0 bridgehead atoms. The first-order valence-electron chi connectivity index (χ1n) is 8.33. The number of piperidine rings is 1. The van der Waals surface area contributed by atoms with Gasteiger partial charge in [0.2, 0.25) is 5.91 Å². The molecule has 1 saturated heterocycles. The molecule has 4 heteroatoms. The van der Waals surface area contributed by atoms with Gasteiger partial charge in [-0.1, -0.05) is 24.6 Å². The zero-order valence-corrected chi connectivity index (χ0v) is 13.7. The van der Waals surface area contributed by atoms with Crippen molar-refractivity contribution < 1.29 is 14.3 Å². The van der Waals surface area contributed by atoms with Crippen molar-refractivity contribution in [3.8, 4) is 0 Å². The van der Waals surface area contributed by atoms with Crippen LogP contribution in [0.25, 0.3) is 0 Å². The number of hydrogen-bond acceptors (Lipinski definition) is 3. The van der Waals surface area contributed by atoms with Gasteiger partial charge in [0, 0.05) is 24.6 Å². The monoisotopic (exact) mass is 303 g/mol. The molecule has 3 atom stereocenters. The van der Waals surface area contributed by atoms with E-state index in [4.69, 9.17) is 4.74 Å². The Morgan fingerprint density at radius 2 is 2.23 bits per heavy atom. The van der Waals surface area contributed by atoms with Crippen LogP contribution in [0.5, 0.6) is 0 Å². The van der Waals surface area contributed by atoms with Crippen LogP contribution in [0, 0.1) is 17.3 Å². The molecule has 22 heavy (non-hydrogen) atoms. The van der Waals surface area contributed by atoms with Gasteiger partial charge >= 0.3 is 5.97 Å². The average molecular weight is 303 g/mol. The number of amides is 1. The van der Waals surface area contributed by atoms with E-state index in [9.17, 15) is 9.59 Å². The smallest absolute Gasteiger partial charge is 0.309 e. The molecule has 0 aromatic rings. The van der Waals surface area contributed by atoms with Crippen LogP contribution in [0.1, 0.15) is 46.0 Å². The Balaban J connectivity index is 1.95. The Bertz CT molecular complexity index is 563. The number of nitrogens with zero attached hydrogens (tertiary/aromatic N) is 1. The molecule has 0 N–H and O–H groups in total. The number of carbonyl (C=O) groups excluding carboxylic acids is 2. The quantitative estimate of drug-likeness (QED) is 0.582. The Kier molecular flexibility index (Phi) is 3.87. The molecule has 0 aromatic heterocycles. The van der Waals surface area contributed by atoms with E-state index in [2.05, 4.69) is 19.1 Å². The van der Waals surface area contributed by atoms with Gasteiger partial charge in [-0.15, -0.1) is 0 Å². The van der Waals surface area contributed by atoms with Crippen LogP contribution in [0.2, 0.25) is 0 Å². The van der Waals surface area contributed by atoms with Gasteiger partial charge in [0.25, 0.3) is 0 Å². The van der Waals surface area contributed by atoms with Crippen molar-refractivity contribution in [1.29, 1.82) is 0 Å². The van der Waals surface area contributed by atoms with E-state index in [1.54, 1.807) is 0 Å². The molecule has 2 aliphatic carbocycles. The minimum absolute atomic E-state index is 0.0301. The highest BCUT2D eigenvalue weighted by atomic mass is 16.5. The number of esters is 1. The predicted molar refractivity (Wildman–Crippen MR) is 83.7 cm³/mol. The van der Waals surface area contributed by atoms with Crippen LogP contribution in [0.15, 0.2) is 23.4 Å². The van der Waals surface area contributed by atoms with Crippen molar-refractivity contribution in [2.24, 2.45) is 17.3 Å². The topological polar surface area (TPSA) is 46.6 Å². The lowest BCUT2D eigenvalue weighted by molar-refractivity contribution is -0.150. The molecule has 0 radical (unpaired) electrons. The van der Waals surface area contributed by atoms with E-state index < -0.39 is 0 Å². The molecular formula is C18H25NO3. The molecule has 0 aromatic carbocycles. The molecule has 1 aliphatic heterocycles. The second-order valence-corrected chi connectivity index (χ2v) is 6.81. The molecule has 3 aliphatic rings. The van der Waals surface area contributed by atoms with E-state index in [1.165, 1.54) is 5.57 Å². The lowest BCUT2D eigenvalue weighted by atomic mass is 9.59. The third kappa shape index (κ3) is 2.20. The maximum absolute atomic E-state index is 12.3. The first-order chi connectivity index (χ1) is 10.5. The highest BCUT2D eigenvalue weighted by molar-refractivity contribution is 5.80. The molecule has 4 nitrogen and oxygen atoms in total. The fourth-order valence-corrected chi connectivity index (χ4v) is 4.50. The largest absolute Gasteiger partial charge is 0.466 e. The fraction of sp³-hybridized carbons (Fsp3) is 0.667. The molecule has 0 saturated carbocycles. The van der Waals surface area contributed by atoms with Crippen molar-refractivity contribution in [2.75, 3.05) is 13.7 Å². The zero-order valence-electron chi connectivity index (χ0n) is 13.7. The standard InChI is InChI=1S/C18H25NO3/c1-4-22-17(21)13-6-5-7-14-12(13)8-9-15-18(14,2)11-10-16(20)19(15)3/h7,9,12-13H,4-6,8,10-11H2,1-3H3/t12-,13+,18+/m0/s1. The highest BCUT2D eigenvalue weighted by Gasteiger charge is 2.49. The minimum Gasteiger partial charge on any atom is -0.466 e. The van der Waals surface area contributed by atoms with Crippen LogP contribution < -0.4 is 0 Å². The molecule has 1 amide bonds. The summed E-state index contributed by atoms with van der Waals surface area (Å²) in [4.78, 5) is 26.1. The van der Waals surface area contributed by atoms with Gasteiger partial charge in [-0.25, -0.2) is 0 Å². The van der Waals surface area contributed by atoms with Crippen LogP contribution in [0.4, 0.5) is 0 Å². The summed E-state index contributed by atoms with van der Waals surface area (Å²) in [5, 5.41) is 0. The summed E-state index contributed by atoms with van der Waals surface area (Å²) in [5.74, 6) is 0.347. The highest BCUT2D eigenvalue weighted by Crippen LogP contribution is 2.54. The molecule has 3 rings (SSSR count). The normalized spacial score (nSPS) is 34.3. The summed E-state index contributed by atoms with van der Waals surface area (Å²) < 4.78 is 5.29. The molecule has 0 unspecified atom stereocenters. The van der Waals surface area contributed by atoms with Crippen molar-refractivity contribution >= 4 is 11.9 Å². The number of likely N-dealkylation sites (tertiary alicyclic amines) is 1. The predicted octanol–water partition coefficient (Wildman–Crippen LogP) is 3.05. The maximum atomic E-state index is 12.3. The lowest BCUT2D eigenvalue weighted by Gasteiger charge is -2.50. The number of allylic oxidation sites excluding steroid dienone is 3. The Hall–Kier alpha value is -1.58. The van der Waals surface area contributed by atoms with E-state index >= 15 is 0 Å². The summed E-state index contributed by atoms with van der Waals surface area (Å²) in [6.45, 7) is 4.53. The Morgan fingerprint density at radius 1 is 1.45 bits per heavy atom. The van der Waals surface area contributed by atoms with Gasteiger partial charge in [-0.2, -0.15) is 0 Å². The fourth-order valence-electron chi connectivity index (χ4n) is 4.50. The summed E-state index contributed by atoms with van der Waals surface area (Å²) in [6.07, 6.45) is 8.56.